The highest BCUT2D eigenvalue weighted by molar-refractivity contribution is 7.18. The van der Waals surface area contributed by atoms with Crippen LogP contribution in [0.5, 0.6) is 0 Å². The number of rotatable bonds is 1. The summed E-state index contributed by atoms with van der Waals surface area (Å²) < 4.78 is 6.93. The number of pyridine rings is 1. The smallest absolute Gasteiger partial charge is 0.170 e. The summed E-state index contributed by atoms with van der Waals surface area (Å²) in [5.41, 5.74) is 0.881. The maximum absolute atomic E-state index is 5.75. The highest BCUT2D eigenvalue weighted by atomic mass is 32.1. The lowest BCUT2D eigenvalue weighted by atomic mass is 10.2. The summed E-state index contributed by atoms with van der Waals surface area (Å²) in [5.74, 6) is 0.504. The van der Waals surface area contributed by atoms with Crippen molar-refractivity contribution in [3.8, 4) is 0 Å². The maximum atomic E-state index is 5.75. The summed E-state index contributed by atoms with van der Waals surface area (Å²) >= 11 is 1.73. The lowest BCUT2D eigenvalue weighted by Gasteiger charge is -1.93. The quantitative estimate of drug-likeness (QED) is 0.698. The molecular formula is C10H14N2S. The molecule has 3 heteroatoms. The Balaban J connectivity index is 0.000000461. The van der Waals surface area contributed by atoms with Crippen LogP contribution in [0.3, 0.4) is 0 Å². The zero-order valence-corrected chi connectivity index (χ0v) is 8.93. The van der Waals surface area contributed by atoms with Gasteiger partial charge in [-0.1, -0.05) is 21.3 Å². The summed E-state index contributed by atoms with van der Waals surface area (Å²) in [7, 11) is 1.25. The zero-order valence-electron chi connectivity index (χ0n) is 9.11. The number of fused-ring (bicyclic) bond motifs is 1. The molecular weight excluding hydrogens is 180 g/mol. The van der Waals surface area contributed by atoms with Gasteiger partial charge in [0.05, 0.1) is 9.71 Å². The van der Waals surface area contributed by atoms with Crippen molar-refractivity contribution in [3.05, 3.63) is 23.3 Å². The van der Waals surface area contributed by atoms with Crippen molar-refractivity contribution in [1.29, 1.82) is 0 Å². The van der Waals surface area contributed by atoms with Crippen LogP contribution in [-0.4, -0.2) is 9.97 Å². The Morgan fingerprint density at radius 2 is 2.31 bits per heavy atom. The number of hydrogen-bond acceptors (Lipinski definition) is 3. The third-order valence-corrected chi connectivity index (χ3v) is 2.99. The second kappa shape index (κ2) is 3.83. The lowest BCUT2D eigenvalue weighted by molar-refractivity contribution is 0.855. The van der Waals surface area contributed by atoms with Gasteiger partial charge in [-0.05, 0) is 12.1 Å². The molecule has 70 valence electrons. The standard InChI is InChI=1S/C9H10N2S.CH4/c1-6(2)9-11-8-7(12-9)4-3-5-10-8;/h3-6H,1-2H3;1H4/i;1T. The van der Waals surface area contributed by atoms with Gasteiger partial charge in [-0.25, -0.2) is 9.97 Å². The molecule has 0 aliphatic carbocycles. The molecule has 0 saturated carbocycles. The molecule has 0 bridgehead atoms. The van der Waals surface area contributed by atoms with Crippen molar-refractivity contribution in [2.45, 2.75) is 27.2 Å². The molecule has 0 aliphatic heterocycles. The molecule has 2 nitrogen and oxygen atoms in total. The van der Waals surface area contributed by atoms with Crippen molar-refractivity contribution in [1.82, 2.24) is 9.97 Å². The van der Waals surface area contributed by atoms with E-state index in [1.165, 1.54) is 17.1 Å². The summed E-state index contributed by atoms with van der Waals surface area (Å²) in [5, 5.41) is 1.17. The number of hydrogen-bond donors (Lipinski definition) is 0. The first-order valence-corrected chi connectivity index (χ1v) is 4.80. The highest BCUT2D eigenvalue weighted by Crippen LogP contribution is 2.25. The van der Waals surface area contributed by atoms with Crippen molar-refractivity contribution in [3.63, 3.8) is 0 Å². The normalized spacial score (nSPS) is 10.9. The van der Waals surface area contributed by atoms with E-state index in [4.69, 9.17) is 1.37 Å². The summed E-state index contributed by atoms with van der Waals surface area (Å²) in [6.45, 7) is 4.30. The van der Waals surface area contributed by atoms with Gasteiger partial charge in [0, 0.05) is 13.5 Å². The molecule has 2 aromatic heterocycles. The molecule has 0 unspecified atom stereocenters. The molecule has 0 saturated heterocycles. The minimum atomic E-state index is 0.504. The molecule has 0 fully saturated rings. The SMILES string of the molecule is CC(C)c1nc2ncccc2s1.[3H]C. The van der Waals surface area contributed by atoms with Crippen LogP contribution < -0.4 is 0 Å². The molecule has 2 aromatic rings. The second-order valence-corrected chi connectivity index (χ2v) is 4.09. The van der Waals surface area contributed by atoms with Gasteiger partial charge in [0.25, 0.3) is 0 Å². The van der Waals surface area contributed by atoms with E-state index in [-0.39, 0.29) is 0 Å². The van der Waals surface area contributed by atoms with Gasteiger partial charge < -0.3 is 0 Å². The summed E-state index contributed by atoms with van der Waals surface area (Å²) in [4.78, 5) is 8.60. The van der Waals surface area contributed by atoms with Crippen LogP contribution in [0.25, 0.3) is 10.3 Å². The molecule has 2 rings (SSSR count). The Morgan fingerprint density at radius 1 is 1.54 bits per heavy atom. The molecule has 0 N–H and O–H groups in total. The van der Waals surface area contributed by atoms with Crippen molar-refractivity contribution >= 4 is 21.7 Å². The third kappa shape index (κ3) is 1.86. The van der Waals surface area contributed by atoms with Crippen molar-refractivity contribution in [2.75, 3.05) is 0 Å². The molecule has 0 aliphatic rings. The largest absolute Gasteiger partial charge is 0.236 e. The summed E-state index contributed by atoms with van der Waals surface area (Å²) in [6.07, 6.45) is 1.78. The first-order chi connectivity index (χ1) is 6.77. The number of aromatic nitrogens is 2. The van der Waals surface area contributed by atoms with Gasteiger partial charge in [-0.3, -0.25) is 0 Å². The second-order valence-electron chi connectivity index (χ2n) is 3.03. The Labute approximate surface area is 84.1 Å². The van der Waals surface area contributed by atoms with Crippen LogP contribution in [-0.2, 0) is 0 Å². The van der Waals surface area contributed by atoms with Crippen LogP contribution in [0.15, 0.2) is 18.3 Å². The molecule has 0 atom stereocenters. The van der Waals surface area contributed by atoms with Crippen LogP contribution in [0.1, 0.15) is 33.5 Å². The summed E-state index contributed by atoms with van der Waals surface area (Å²) in [6, 6.07) is 4.01. The Kier molecular flexibility index (Phi) is 2.54. The van der Waals surface area contributed by atoms with E-state index < -0.39 is 0 Å². The monoisotopic (exact) mass is 196 g/mol. The first kappa shape index (κ1) is 8.63. The van der Waals surface area contributed by atoms with Crippen LogP contribution in [0.4, 0.5) is 0 Å². The van der Waals surface area contributed by atoms with Gasteiger partial charge in [0.1, 0.15) is 0 Å². The van der Waals surface area contributed by atoms with E-state index >= 15 is 0 Å². The number of nitrogens with zero attached hydrogens (tertiary/aromatic N) is 2. The average Bonchev–Trinajstić information content (AvgIpc) is 2.64. The van der Waals surface area contributed by atoms with Crippen molar-refractivity contribution in [2.24, 2.45) is 0 Å². The minimum Gasteiger partial charge on any atom is -0.236 e. The van der Waals surface area contributed by atoms with Gasteiger partial charge in [-0.2, -0.15) is 0 Å². The Morgan fingerprint density at radius 3 is 2.92 bits per heavy atom. The topological polar surface area (TPSA) is 25.8 Å². The Bertz CT molecular complexity index is 365. The minimum absolute atomic E-state index is 0.504. The van der Waals surface area contributed by atoms with Crippen molar-refractivity contribution < 1.29 is 1.37 Å². The van der Waals surface area contributed by atoms with Gasteiger partial charge in [0.15, 0.2) is 5.65 Å². The van der Waals surface area contributed by atoms with E-state index in [1.54, 1.807) is 17.5 Å². The van der Waals surface area contributed by atoms with Crippen LogP contribution in [0.2, 0.25) is 0 Å². The molecule has 0 amide bonds. The molecule has 13 heavy (non-hydrogen) atoms. The fraction of sp³-hybridized carbons (Fsp3) is 0.400. The zero-order chi connectivity index (χ0) is 10.6. The van der Waals surface area contributed by atoms with E-state index in [0.29, 0.717) is 5.92 Å². The molecule has 2 heterocycles. The van der Waals surface area contributed by atoms with Gasteiger partial charge in [0.2, 0.25) is 0 Å². The molecule has 0 aromatic carbocycles. The van der Waals surface area contributed by atoms with Crippen LogP contribution in [0, 0.1) is 0 Å². The first-order valence-electron chi connectivity index (χ1n) is 4.99. The molecule has 0 spiro atoms. The third-order valence-electron chi connectivity index (χ3n) is 1.68. The van der Waals surface area contributed by atoms with Gasteiger partial charge in [-0.15, -0.1) is 11.3 Å². The lowest BCUT2D eigenvalue weighted by Crippen LogP contribution is -1.83. The fourth-order valence-corrected chi connectivity index (χ4v) is 1.96. The molecule has 0 radical (unpaired) electrons. The fourth-order valence-electron chi connectivity index (χ4n) is 1.03. The van der Waals surface area contributed by atoms with E-state index in [9.17, 15) is 0 Å². The maximum Gasteiger partial charge on any atom is 0.170 e. The number of thiazole rings is 1. The van der Waals surface area contributed by atoms with E-state index in [1.807, 2.05) is 6.07 Å². The predicted molar refractivity (Wildman–Crippen MR) is 58.2 cm³/mol. The average molecular weight is 196 g/mol. The van der Waals surface area contributed by atoms with Gasteiger partial charge >= 0.3 is 0 Å². The predicted octanol–water partition coefficient (Wildman–Crippen LogP) is 3.45. The van der Waals surface area contributed by atoms with E-state index in [2.05, 4.69) is 29.9 Å². The van der Waals surface area contributed by atoms with E-state index in [0.717, 1.165) is 5.65 Å². The Hall–Kier alpha value is -0.960. The highest BCUT2D eigenvalue weighted by Gasteiger charge is 2.06. The van der Waals surface area contributed by atoms with Crippen LogP contribution >= 0.6 is 11.3 Å².